The van der Waals surface area contributed by atoms with Gasteiger partial charge in [0.15, 0.2) is 0 Å². The number of allylic oxidation sites excluding steroid dienone is 3. The van der Waals surface area contributed by atoms with Crippen LogP contribution in [0.3, 0.4) is 0 Å². The highest BCUT2D eigenvalue weighted by molar-refractivity contribution is 6.49. The third-order valence-electron chi connectivity index (χ3n) is 2.99. The first-order chi connectivity index (χ1) is 11.7. The number of para-hydroxylation sites is 1. The van der Waals surface area contributed by atoms with Crippen LogP contribution in [-0.4, -0.2) is 5.97 Å². The van der Waals surface area contributed by atoms with Gasteiger partial charge in [-0.15, -0.1) is 0 Å². The van der Waals surface area contributed by atoms with Gasteiger partial charge in [0.05, 0.1) is 10.6 Å². The van der Waals surface area contributed by atoms with Gasteiger partial charge in [-0.3, -0.25) is 0 Å². The predicted molar refractivity (Wildman–Crippen MR) is 91.0 cm³/mol. The maximum absolute atomic E-state index is 12.2. The van der Waals surface area contributed by atoms with E-state index in [1.165, 1.54) is 12.2 Å². The Morgan fingerprint density at radius 2 is 1.58 bits per heavy atom. The third-order valence-corrected chi connectivity index (χ3v) is 3.32. The lowest BCUT2D eigenvalue weighted by Crippen LogP contribution is -2.09. The number of hydrogen-bond acceptors (Lipinski definition) is 4. The molecule has 0 amide bonds. The lowest BCUT2D eigenvalue weighted by atomic mass is 10.1. The predicted octanol–water partition coefficient (Wildman–Crippen LogP) is 4.46. The van der Waals surface area contributed by atoms with E-state index >= 15 is 0 Å². The van der Waals surface area contributed by atoms with Crippen LogP contribution in [0.2, 0.25) is 0 Å². The summed E-state index contributed by atoms with van der Waals surface area (Å²) >= 11 is 6.21. The number of halogens is 1. The van der Waals surface area contributed by atoms with Gasteiger partial charge >= 0.3 is 5.97 Å². The number of benzene rings is 2. The molecule has 0 aromatic heterocycles. The first-order valence-corrected chi connectivity index (χ1v) is 7.28. The SMILES string of the molecule is N#CC(C#N)=CC=C(Cl)c1ccccc1OC(=O)c1ccccc1. The molecule has 2 rings (SSSR count). The molecule has 0 radical (unpaired) electrons. The van der Waals surface area contributed by atoms with Gasteiger partial charge in [-0.05, 0) is 36.4 Å². The van der Waals surface area contributed by atoms with Crippen molar-refractivity contribution in [2.45, 2.75) is 0 Å². The van der Waals surface area contributed by atoms with Crippen molar-refractivity contribution in [1.29, 1.82) is 10.5 Å². The minimum atomic E-state index is -0.502. The van der Waals surface area contributed by atoms with Gasteiger partial charge in [-0.2, -0.15) is 10.5 Å². The first kappa shape index (κ1) is 17.0. The summed E-state index contributed by atoms with van der Waals surface area (Å²) in [7, 11) is 0. The zero-order valence-corrected chi connectivity index (χ0v) is 13.2. The molecule has 0 bridgehead atoms. The summed E-state index contributed by atoms with van der Waals surface area (Å²) < 4.78 is 5.40. The normalized spacial score (nSPS) is 10.2. The fourth-order valence-corrected chi connectivity index (χ4v) is 2.05. The molecule has 0 aliphatic carbocycles. The number of rotatable bonds is 4. The number of nitrogens with zero attached hydrogens (tertiary/aromatic N) is 2. The number of carbonyl (C=O) groups excluding carboxylic acids is 1. The van der Waals surface area contributed by atoms with E-state index in [0.29, 0.717) is 11.1 Å². The van der Waals surface area contributed by atoms with Gasteiger partial charge in [0.2, 0.25) is 0 Å². The summed E-state index contributed by atoms with van der Waals surface area (Å²) in [6.45, 7) is 0. The van der Waals surface area contributed by atoms with Gasteiger partial charge in [0, 0.05) is 5.56 Å². The fourth-order valence-electron chi connectivity index (χ4n) is 1.83. The van der Waals surface area contributed by atoms with Gasteiger partial charge in [-0.25, -0.2) is 4.79 Å². The highest BCUT2D eigenvalue weighted by atomic mass is 35.5. The van der Waals surface area contributed by atoms with Crippen LogP contribution in [0.1, 0.15) is 15.9 Å². The Labute approximate surface area is 144 Å². The molecule has 0 spiro atoms. The van der Waals surface area contributed by atoms with Gasteiger partial charge in [-0.1, -0.05) is 41.9 Å². The Kier molecular flexibility index (Phi) is 5.91. The van der Waals surface area contributed by atoms with E-state index in [4.69, 9.17) is 26.9 Å². The Bertz CT molecular complexity index is 872. The number of nitriles is 2. The Balaban J connectivity index is 2.30. The lowest BCUT2D eigenvalue weighted by molar-refractivity contribution is 0.0734. The van der Waals surface area contributed by atoms with Crippen molar-refractivity contribution >= 4 is 22.6 Å². The first-order valence-electron chi connectivity index (χ1n) is 6.90. The molecule has 0 saturated carbocycles. The van der Waals surface area contributed by atoms with Crippen molar-refractivity contribution in [2.75, 3.05) is 0 Å². The van der Waals surface area contributed by atoms with Crippen LogP contribution in [0.15, 0.2) is 72.3 Å². The lowest BCUT2D eigenvalue weighted by Gasteiger charge is -2.09. The van der Waals surface area contributed by atoms with E-state index in [2.05, 4.69) is 0 Å². The summed E-state index contributed by atoms with van der Waals surface area (Å²) in [4.78, 5) is 12.2. The van der Waals surface area contributed by atoms with Crippen molar-refractivity contribution in [3.05, 3.63) is 83.4 Å². The molecule has 0 saturated heterocycles. The van der Waals surface area contributed by atoms with Gasteiger partial charge in [0.1, 0.15) is 23.5 Å². The van der Waals surface area contributed by atoms with Crippen LogP contribution in [0, 0.1) is 22.7 Å². The van der Waals surface area contributed by atoms with Crippen LogP contribution >= 0.6 is 11.6 Å². The maximum Gasteiger partial charge on any atom is 0.343 e. The van der Waals surface area contributed by atoms with E-state index in [9.17, 15) is 4.79 Å². The van der Waals surface area contributed by atoms with Crippen LogP contribution in [-0.2, 0) is 0 Å². The van der Waals surface area contributed by atoms with Crippen LogP contribution < -0.4 is 4.74 Å². The monoisotopic (exact) mass is 334 g/mol. The molecule has 0 unspecified atom stereocenters. The molecule has 0 aliphatic heterocycles. The number of ether oxygens (including phenoxy) is 1. The molecule has 0 atom stereocenters. The highest BCUT2D eigenvalue weighted by Crippen LogP contribution is 2.29. The van der Waals surface area contributed by atoms with E-state index in [1.54, 1.807) is 66.7 Å². The second kappa shape index (κ2) is 8.33. The standard InChI is InChI=1S/C19H11ClN2O2/c20-17(11-10-14(12-21)13-22)16-8-4-5-9-18(16)24-19(23)15-6-2-1-3-7-15/h1-11H. The van der Waals surface area contributed by atoms with Crippen molar-refractivity contribution < 1.29 is 9.53 Å². The summed E-state index contributed by atoms with van der Waals surface area (Å²) in [6, 6.07) is 18.8. The van der Waals surface area contributed by atoms with E-state index < -0.39 is 5.97 Å². The molecular weight excluding hydrogens is 324 g/mol. The van der Waals surface area contributed by atoms with Crippen LogP contribution in [0.25, 0.3) is 5.03 Å². The van der Waals surface area contributed by atoms with Crippen molar-refractivity contribution in [1.82, 2.24) is 0 Å². The molecule has 24 heavy (non-hydrogen) atoms. The summed E-state index contributed by atoms with van der Waals surface area (Å²) in [5, 5.41) is 17.7. The van der Waals surface area contributed by atoms with E-state index in [-0.39, 0.29) is 16.4 Å². The number of esters is 1. The molecule has 5 heteroatoms. The fraction of sp³-hybridized carbons (Fsp3) is 0. The molecular formula is C19H11ClN2O2. The molecule has 0 N–H and O–H groups in total. The minimum absolute atomic E-state index is 0.0769. The molecule has 2 aromatic carbocycles. The maximum atomic E-state index is 12.2. The van der Waals surface area contributed by atoms with Gasteiger partial charge in [0.25, 0.3) is 0 Å². The summed E-state index contributed by atoms with van der Waals surface area (Å²) in [6.07, 6.45) is 2.72. The third kappa shape index (κ3) is 4.33. The largest absolute Gasteiger partial charge is 0.422 e. The zero-order chi connectivity index (χ0) is 17.4. The number of carbonyl (C=O) groups is 1. The molecule has 4 nitrogen and oxygen atoms in total. The van der Waals surface area contributed by atoms with Crippen molar-refractivity contribution in [2.24, 2.45) is 0 Å². The second-order valence-corrected chi connectivity index (χ2v) is 4.98. The van der Waals surface area contributed by atoms with Gasteiger partial charge < -0.3 is 4.74 Å². The molecule has 0 fully saturated rings. The summed E-state index contributed by atoms with van der Waals surface area (Å²) in [5.41, 5.74) is 0.824. The molecule has 0 heterocycles. The zero-order valence-electron chi connectivity index (χ0n) is 12.4. The topological polar surface area (TPSA) is 73.9 Å². The smallest absolute Gasteiger partial charge is 0.343 e. The van der Waals surface area contributed by atoms with Crippen molar-refractivity contribution in [3.8, 4) is 17.9 Å². The van der Waals surface area contributed by atoms with E-state index in [1.807, 2.05) is 0 Å². The summed E-state index contributed by atoms with van der Waals surface area (Å²) in [5.74, 6) is -0.214. The average molecular weight is 335 g/mol. The molecule has 116 valence electrons. The molecule has 0 aliphatic rings. The average Bonchev–Trinajstić information content (AvgIpc) is 2.63. The quantitative estimate of drug-likeness (QED) is 0.358. The van der Waals surface area contributed by atoms with Crippen molar-refractivity contribution in [3.63, 3.8) is 0 Å². The number of hydrogen-bond donors (Lipinski definition) is 0. The Morgan fingerprint density at radius 1 is 0.958 bits per heavy atom. The minimum Gasteiger partial charge on any atom is -0.422 e. The van der Waals surface area contributed by atoms with E-state index in [0.717, 1.165) is 0 Å². The Hall–Kier alpha value is -3.34. The van der Waals surface area contributed by atoms with Crippen LogP contribution in [0.4, 0.5) is 0 Å². The van der Waals surface area contributed by atoms with Crippen LogP contribution in [0.5, 0.6) is 5.75 Å². The molecule has 2 aromatic rings. The second-order valence-electron chi connectivity index (χ2n) is 4.57. The highest BCUT2D eigenvalue weighted by Gasteiger charge is 2.12. The Morgan fingerprint density at radius 3 is 2.25 bits per heavy atom.